The van der Waals surface area contributed by atoms with Crippen molar-refractivity contribution in [2.75, 3.05) is 19.8 Å². The van der Waals surface area contributed by atoms with Crippen LogP contribution < -0.4 is 0 Å². The highest BCUT2D eigenvalue weighted by Gasteiger charge is 2.57. The van der Waals surface area contributed by atoms with E-state index in [2.05, 4.69) is 72.4 Å². The Morgan fingerprint density at radius 1 is 0.613 bits per heavy atom. The molecule has 0 spiro atoms. The summed E-state index contributed by atoms with van der Waals surface area (Å²) in [7, 11) is -13.5. The van der Waals surface area contributed by atoms with Crippen molar-refractivity contribution >= 4 is 51.8 Å². The fourth-order valence-corrected chi connectivity index (χ4v) is 32.5. The van der Waals surface area contributed by atoms with Crippen LogP contribution in [0.4, 0.5) is 0 Å². The van der Waals surface area contributed by atoms with Crippen molar-refractivity contribution in [1.82, 2.24) is 0 Å². The van der Waals surface area contributed by atoms with Crippen LogP contribution in [-0.2, 0) is 29.7 Å². The van der Waals surface area contributed by atoms with E-state index in [0.29, 0.717) is 19.8 Å². The Bertz CT molecular complexity index is 515. The molecule has 0 saturated heterocycles. The van der Waals surface area contributed by atoms with E-state index in [1.807, 2.05) is 20.8 Å². The molecule has 1 atom stereocenters. The summed E-state index contributed by atoms with van der Waals surface area (Å²) < 4.78 is 44.7. The molecule has 13 heteroatoms. The summed E-state index contributed by atoms with van der Waals surface area (Å²) in [5, 5.41) is 0.0713. The van der Waals surface area contributed by atoms with E-state index in [4.69, 9.17) is 29.7 Å². The smallest absolute Gasteiger partial charge is 0.440 e. The van der Waals surface area contributed by atoms with E-state index in [1.54, 1.807) is 0 Å². The third kappa shape index (κ3) is 11.3. The predicted octanol–water partition coefficient (Wildman–Crippen LogP) is 5.32. The lowest BCUT2D eigenvalue weighted by molar-refractivity contribution is 0.0674. The second kappa shape index (κ2) is 12.6. The van der Waals surface area contributed by atoms with Gasteiger partial charge in [-0.3, -0.25) is 0 Å². The second-order valence-electron chi connectivity index (χ2n) is 9.90. The van der Waals surface area contributed by atoms with Crippen molar-refractivity contribution in [2.45, 2.75) is 98.3 Å². The Balaban J connectivity index is 5.55. The van der Waals surface area contributed by atoms with Gasteiger partial charge in [-0.25, -0.2) is 0 Å². The lowest BCUT2D eigenvalue weighted by Crippen LogP contribution is -2.62. The van der Waals surface area contributed by atoms with E-state index < -0.39 is 51.8 Å². The topological polar surface area (TPSA) is 64.6 Å². The van der Waals surface area contributed by atoms with E-state index in [0.717, 1.165) is 0 Å². The molecule has 0 N–H and O–H groups in total. The lowest BCUT2D eigenvalue weighted by Gasteiger charge is -2.45. The first-order valence-electron chi connectivity index (χ1n) is 11.6. The van der Waals surface area contributed by atoms with Gasteiger partial charge in [0, 0.05) is 25.0 Å². The zero-order valence-corrected chi connectivity index (χ0v) is 28.8. The molecule has 31 heavy (non-hydrogen) atoms. The molecule has 188 valence electrons. The molecule has 0 aromatic rings. The molecular weight excluding hydrogens is 497 g/mol. The SMILES string of the molecule is CCO[Si](OCC)(OCC)C(C)[Si](C)(C)O[Si](C)(C)O[Si](C)(C)O[Si](C)(C)O[SiH](C)C. The number of hydrogen-bond acceptors (Lipinski definition) is 7. The van der Waals surface area contributed by atoms with Crippen molar-refractivity contribution in [1.29, 1.82) is 0 Å². The number of rotatable bonds is 16. The Morgan fingerprint density at radius 3 is 1.32 bits per heavy atom. The second-order valence-corrected chi connectivity index (χ2v) is 31.4. The third-order valence-corrected chi connectivity index (χ3v) is 29.1. The van der Waals surface area contributed by atoms with Gasteiger partial charge < -0.3 is 29.7 Å². The summed E-state index contributed by atoms with van der Waals surface area (Å²) in [6.07, 6.45) is 0. The molecule has 0 fully saturated rings. The first-order valence-corrected chi connectivity index (χ1v) is 27.6. The summed E-state index contributed by atoms with van der Waals surface area (Å²) in [6, 6.07) is 0. The predicted molar refractivity (Wildman–Crippen MR) is 143 cm³/mol. The molecule has 0 heterocycles. The molecule has 1 unspecified atom stereocenters. The third-order valence-electron chi connectivity index (χ3n) is 4.62. The van der Waals surface area contributed by atoms with Gasteiger partial charge in [-0.2, -0.15) is 0 Å². The molecule has 0 radical (unpaired) electrons. The fraction of sp³-hybridized carbons (Fsp3) is 1.00. The minimum absolute atomic E-state index is 0.0713. The van der Waals surface area contributed by atoms with Crippen LogP contribution in [0.1, 0.15) is 27.7 Å². The van der Waals surface area contributed by atoms with E-state index in [9.17, 15) is 0 Å². The van der Waals surface area contributed by atoms with Crippen molar-refractivity contribution in [3.63, 3.8) is 0 Å². The molecular formula is C18H50O7Si6. The van der Waals surface area contributed by atoms with E-state index in [1.165, 1.54) is 0 Å². The molecule has 0 amide bonds. The molecule has 0 aliphatic rings. The molecule has 0 rings (SSSR count). The Hall–Kier alpha value is 1.02. The maximum absolute atomic E-state index is 6.85. The highest BCUT2D eigenvalue weighted by atomic mass is 28.5. The van der Waals surface area contributed by atoms with Crippen LogP contribution in [0.2, 0.25) is 70.6 Å². The van der Waals surface area contributed by atoms with Crippen molar-refractivity contribution in [2.24, 2.45) is 0 Å². The van der Waals surface area contributed by atoms with Gasteiger partial charge in [0.05, 0.1) is 0 Å². The summed E-state index contributed by atoms with van der Waals surface area (Å²) >= 11 is 0. The van der Waals surface area contributed by atoms with Crippen LogP contribution in [0.3, 0.4) is 0 Å². The van der Waals surface area contributed by atoms with Crippen molar-refractivity contribution < 1.29 is 29.7 Å². The average molecular weight is 547 g/mol. The maximum atomic E-state index is 6.85. The zero-order chi connectivity index (χ0) is 24.7. The minimum Gasteiger partial charge on any atom is -0.440 e. The molecule has 0 bridgehead atoms. The molecule has 0 saturated carbocycles. The van der Waals surface area contributed by atoms with Crippen LogP contribution in [0.25, 0.3) is 0 Å². The van der Waals surface area contributed by atoms with Crippen LogP contribution in [0.5, 0.6) is 0 Å². The van der Waals surface area contributed by atoms with Crippen LogP contribution >= 0.6 is 0 Å². The van der Waals surface area contributed by atoms with Crippen molar-refractivity contribution in [3.05, 3.63) is 0 Å². The molecule has 7 nitrogen and oxygen atoms in total. The van der Waals surface area contributed by atoms with Gasteiger partial charge in [-0.05, 0) is 86.2 Å². The first kappa shape index (κ1) is 32.0. The standard InChI is InChI=1S/C18H50O7Si6/c1-15-19-31(20-16-2,21-17-3)18(4)27(7,8)23-29(11,12)25-30(13,14)24-28(9,10)22-26(5)6/h18,26H,15-17H2,1-14H3. The van der Waals surface area contributed by atoms with Crippen LogP contribution in [0, 0.1) is 0 Å². The monoisotopic (exact) mass is 546 g/mol. The van der Waals surface area contributed by atoms with Crippen LogP contribution in [0.15, 0.2) is 0 Å². The van der Waals surface area contributed by atoms with Gasteiger partial charge in [0.15, 0.2) is 17.4 Å². The fourth-order valence-electron chi connectivity index (χ4n) is 4.07. The highest BCUT2D eigenvalue weighted by molar-refractivity contribution is 6.94. The Kier molecular flexibility index (Phi) is 13.1. The summed E-state index contributed by atoms with van der Waals surface area (Å²) in [4.78, 5) is 0. The summed E-state index contributed by atoms with van der Waals surface area (Å²) in [6.45, 7) is 31.3. The van der Waals surface area contributed by atoms with E-state index >= 15 is 0 Å². The summed E-state index contributed by atoms with van der Waals surface area (Å²) in [5.41, 5.74) is 0. The van der Waals surface area contributed by atoms with Gasteiger partial charge in [0.1, 0.15) is 0 Å². The van der Waals surface area contributed by atoms with Crippen molar-refractivity contribution in [3.8, 4) is 0 Å². The average Bonchev–Trinajstić information content (AvgIpc) is 2.49. The molecule has 0 aromatic carbocycles. The molecule has 0 aliphatic carbocycles. The van der Waals surface area contributed by atoms with E-state index in [-0.39, 0.29) is 5.16 Å². The normalized spacial score (nSPS) is 15.6. The minimum atomic E-state index is -2.87. The first-order chi connectivity index (χ1) is 13.9. The highest BCUT2D eigenvalue weighted by Crippen LogP contribution is 2.37. The maximum Gasteiger partial charge on any atom is 0.503 e. The van der Waals surface area contributed by atoms with Gasteiger partial charge in [0.25, 0.3) is 0 Å². The Labute approximate surface area is 199 Å². The zero-order valence-electron chi connectivity index (χ0n) is 22.6. The Morgan fingerprint density at radius 2 is 0.968 bits per heavy atom. The van der Waals surface area contributed by atoms with Gasteiger partial charge >= 0.3 is 34.5 Å². The largest absolute Gasteiger partial charge is 0.503 e. The molecule has 0 aromatic heterocycles. The van der Waals surface area contributed by atoms with Gasteiger partial charge in [0.2, 0.25) is 0 Å². The summed E-state index contributed by atoms with van der Waals surface area (Å²) in [5.74, 6) is 0. The van der Waals surface area contributed by atoms with Gasteiger partial charge in [-0.15, -0.1) is 0 Å². The quantitative estimate of drug-likeness (QED) is 0.243. The lowest BCUT2D eigenvalue weighted by atomic mass is 10.9. The number of hydrogen-bond donors (Lipinski definition) is 0. The van der Waals surface area contributed by atoms with Crippen LogP contribution in [-0.4, -0.2) is 71.7 Å². The molecule has 0 aliphatic heterocycles. The van der Waals surface area contributed by atoms with Gasteiger partial charge in [-0.1, -0.05) is 6.92 Å².